The summed E-state index contributed by atoms with van der Waals surface area (Å²) in [4.78, 5) is 0.103. The van der Waals surface area contributed by atoms with Crippen molar-refractivity contribution in [1.29, 1.82) is 5.26 Å². The van der Waals surface area contributed by atoms with Gasteiger partial charge in [0.25, 0.3) is 0 Å². The summed E-state index contributed by atoms with van der Waals surface area (Å²) in [5.74, 6) is 0. The van der Waals surface area contributed by atoms with Crippen molar-refractivity contribution in [3.8, 4) is 6.07 Å². The molecule has 0 bridgehead atoms. The molecular weight excluding hydrogens is 308 g/mol. The second-order valence-corrected chi connectivity index (χ2v) is 7.64. The standard InChI is InChI=1S/C15H19ClN2O2S/c16-13-7-6-8-14(11-13)21(19,20)18-15(12-17)9-4-2-1-3-5-10-15/h6-8,11,18H,1-5,9-10H2. The van der Waals surface area contributed by atoms with Crippen LogP contribution in [0.25, 0.3) is 0 Å². The zero-order chi connectivity index (χ0) is 15.3. The maximum atomic E-state index is 12.5. The molecule has 0 radical (unpaired) electrons. The lowest BCUT2D eigenvalue weighted by atomic mass is 9.86. The lowest BCUT2D eigenvalue weighted by Gasteiger charge is -2.29. The molecule has 1 saturated carbocycles. The topological polar surface area (TPSA) is 70.0 Å². The predicted molar refractivity (Wildman–Crippen MR) is 82.4 cm³/mol. The van der Waals surface area contributed by atoms with Gasteiger partial charge in [-0.25, -0.2) is 8.42 Å². The van der Waals surface area contributed by atoms with Gasteiger partial charge in [0.15, 0.2) is 0 Å². The first-order valence-corrected chi connectivity index (χ1v) is 9.04. The van der Waals surface area contributed by atoms with Crippen LogP contribution in [0, 0.1) is 11.3 Å². The van der Waals surface area contributed by atoms with Crippen molar-refractivity contribution < 1.29 is 8.42 Å². The molecule has 6 heteroatoms. The molecule has 1 aliphatic carbocycles. The number of nitrogens with one attached hydrogen (secondary N) is 1. The SMILES string of the molecule is N#CC1(NS(=O)(=O)c2cccc(Cl)c2)CCCCCCC1. The third-order valence-electron chi connectivity index (χ3n) is 3.86. The smallest absolute Gasteiger partial charge is 0.207 e. The number of hydrogen-bond acceptors (Lipinski definition) is 3. The molecule has 1 fully saturated rings. The molecule has 0 unspecified atom stereocenters. The predicted octanol–water partition coefficient (Wildman–Crippen LogP) is 3.62. The largest absolute Gasteiger partial charge is 0.241 e. The van der Waals surface area contributed by atoms with E-state index in [0.717, 1.165) is 32.1 Å². The highest BCUT2D eigenvalue weighted by molar-refractivity contribution is 7.89. The monoisotopic (exact) mass is 326 g/mol. The Labute approximate surface area is 131 Å². The van der Waals surface area contributed by atoms with Gasteiger partial charge in [0.05, 0.1) is 11.0 Å². The molecular formula is C15H19ClN2O2S. The van der Waals surface area contributed by atoms with E-state index in [4.69, 9.17) is 11.6 Å². The zero-order valence-corrected chi connectivity index (χ0v) is 13.4. The number of nitrogens with zero attached hydrogens (tertiary/aromatic N) is 1. The van der Waals surface area contributed by atoms with Gasteiger partial charge in [0, 0.05) is 5.02 Å². The first kappa shape index (κ1) is 16.3. The number of sulfonamides is 1. The normalized spacial score (nSPS) is 19.2. The molecule has 21 heavy (non-hydrogen) atoms. The first-order chi connectivity index (χ1) is 9.97. The molecule has 0 amide bonds. The minimum Gasteiger partial charge on any atom is -0.207 e. The summed E-state index contributed by atoms with van der Waals surface area (Å²) in [7, 11) is -3.74. The van der Waals surface area contributed by atoms with Crippen molar-refractivity contribution in [2.45, 2.75) is 55.4 Å². The fourth-order valence-electron chi connectivity index (χ4n) is 2.70. The Morgan fingerprint density at radius 1 is 1.14 bits per heavy atom. The lowest BCUT2D eigenvalue weighted by molar-refractivity contribution is 0.357. The number of rotatable bonds is 3. The molecule has 1 aromatic carbocycles. The summed E-state index contributed by atoms with van der Waals surface area (Å²) < 4.78 is 27.6. The minimum atomic E-state index is -3.74. The number of hydrogen-bond donors (Lipinski definition) is 1. The Morgan fingerprint density at radius 2 is 1.76 bits per heavy atom. The van der Waals surface area contributed by atoms with Crippen LogP contribution in [0.3, 0.4) is 0 Å². The average Bonchev–Trinajstić information content (AvgIpc) is 2.42. The summed E-state index contributed by atoms with van der Waals surface area (Å²) in [5, 5.41) is 9.88. The summed E-state index contributed by atoms with van der Waals surface area (Å²) >= 11 is 5.85. The first-order valence-electron chi connectivity index (χ1n) is 7.18. The van der Waals surface area contributed by atoms with Gasteiger partial charge in [-0.2, -0.15) is 9.98 Å². The van der Waals surface area contributed by atoms with Crippen LogP contribution >= 0.6 is 11.6 Å². The van der Waals surface area contributed by atoms with Crippen molar-refractivity contribution in [1.82, 2.24) is 4.72 Å². The summed E-state index contributed by atoms with van der Waals surface area (Å²) in [6.45, 7) is 0. The van der Waals surface area contributed by atoms with Gasteiger partial charge < -0.3 is 0 Å². The van der Waals surface area contributed by atoms with Crippen LogP contribution in [0.1, 0.15) is 44.9 Å². The van der Waals surface area contributed by atoms with Crippen LogP contribution in [0.5, 0.6) is 0 Å². The third kappa shape index (κ3) is 4.19. The Balaban J connectivity index is 2.26. The van der Waals surface area contributed by atoms with Crippen LogP contribution in [0.2, 0.25) is 5.02 Å². The number of halogens is 1. The third-order valence-corrected chi connectivity index (χ3v) is 5.63. The van der Waals surface area contributed by atoms with Crippen molar-refractivity contribution in [3.05, 3.63) is 29.3 Å². The molecule has 0 spiro atoms. The maximum Gasteiger partial charge on any atom is 0.241 e. The Kier molecular flexibility index (Phi) is 5.26. The van der Waals surface area contributed by atoms with Crippen LogP contribution in [0.15, 0.2) is 29.2 Å². The van der Waals surface area contributed by atoms with Gasteiger partial charge in [-0.05, 0) is 31.0 Å². The van der Waals surface area contributed by atoms with E-state index in [1.54, 1.807) is 12.1 Å². The zero-order valence-electron chi connectivity index (χ0n) is 11.8. The molecule has 1 aliphatic rings. The highest BCUT2D eigenvalue weighted by Gasteiger charge is 2.35. The van der Waals surface area contributed by atoms with E-state index in [-0.39, 0.29) is 4.90 Å². The van der Waals surface area contributed by atoms with E-state index in [1.165, 1.54) is 12.1 Å². The van der Waals surface area contributed by atoms with E-state index in [1.807, 2.05) is 0 Å². The lowest BCUT2D eigenvalue weighted by Crippen LogP contribution is -2.47. The van der Waals surface area contributed by atoms with E-state index in [9.17, 15) is 13.7 Å². The fraction of sp³-hybridized carbons (Fsp3) is 0.533. The Bertz CT molecular complexity index is 629. The molecule has 4 nitrogen and oxygen atoms in total. The van der Waals surface area contributed by atoms with E-state index in [0.29, 0.717) is 17.9 Å². The van der Waals surface area contributed by atoms with Crippen LogP contribution in [0.4, 0.5) is 0 Å². The molecule has 0 saturated heterocycles. The van der Waals surface area contributed by atoms with Crippen LogP contribution in [-0.4, -0.2) is 14.0 Å². The molecule has 0 aliphatic heterocycles. The quantitative estimate of drug-likeness (QED) is 0.922. The van der Waals surface area contributed by atoms with E-state index < -0.39 is 15.6 Å². The van der Waals surface area contributed by atoms with Gasteiger partial charge in [-0.15, -0.1) is 0 Å². The summed E-state index contributed by atoms with van der Waals surface area (Å²) in [6, 6.07) is 8.30. The van der Waals surface area contributed by atoms with Gasteiger partial charge in [-0.3, -0.25) is 0 Å². The van der Waals surface area contributed by atoms with Crippen molar-refractivity contribution >= 4 is 21.6 Å². The highest BCUT2D eigenvalue weighted by Crippen LogP contribution is 2.28. The van der Waals surface area contributed by atoms with Crippen molar-refractivity contribution in [3.63, 3.8) is 0 Å². The van der Waals surface area contributed by atoms with Gasteiger partial charge in [0.2, 0.25) is 10.0 Å². The maximum absolute atomic E-state index is 12.5. The highest BCUT2D eigenvalue weighted by atomic mass is 35.5. The van der Waals surface area contributed by atoms with Gasteiger partial charge >= 0.3 is 0 Å². The number of nitriles is 1. The molecule has 0 aromatic heterocycles. The number of benzene rings is 1. The second kappa shape index (κ2) is 6.78. The van der Waals surface area contributed by atoms with E-state index >= 15 is 0 Å². The Hall–Kier alpha value is -1.09. The molecule has 1 N–H and O–H groups in total. The molecule has 1 aromatic rings. The molecule has 0 atom stereocenters. The van der Waals surface area contributed by atoms with Gasteiger partial charge in [-0.1, -0.05) is 49.8 Å². The van der Waals surface area contributed by atoms with Crippen molar-refractivity contribution in [2.75, 3.05) is 0 Å². The van der Waals surface area contributed by atoms with Crippen molar-refractivity contribution in [2.24, 2.45) is 0 Å². The minimum absolute atomic E-state index is 0.103. The molecule has 2 rings (SSSR count). The summed E-state index contributed by atoms with van der Waals surface area (Å²) in [6.07, 6.45) is 6.09. The average molecular weight is 327 g/mol. The Morgan fingerprint density at radius 3 is 2.33 bits per heavy atom. The molecule has 0 heterocycles. The van der Waals surface area contributed by atoms with Crippen LogP contribution < -0.4 is 4.72 Å². The van der Waals surface area contributed by atoms with Gasteiger partial charge in [0.1, 0.15) is 5.54 Å². The summed E-state index contributed by atoms with van der Waals surface area (Å²) in [5.41, 5.74) is -0.998. The fourth-order valence-corrected chi connectivity index (χ4v) is 4.37. The van der Waals surface area contributed by atoms with Crippen LogP contribution in [-0.2, 0) is 10.0 Å². The van der Waals surface area contributed by atoms with E-state index in [2.05, 4.69) is 10.8 Å². The second-order valence-electron chi connectivity index (χ2n) is 5.52. The molecule has 114 valence electrons.